The Bertz CT molecular complexity index is 625. The molecule has 116 valence electrons. The number of benzene rings is 1. The van der Waals surface area contributed by atoms with Crippen LogP contribution in [0.3, 0.4) is 0 Å². The number of hydrogen-bond donors (Lipinski definition) is 1. The van der Waals surface area contributed by atoms with E-state index in [4.69, 9.17) is 22.3 Å². The maximum Gasteiger partial charge on any atom is 0.262 e. The van der Waals surface area contributed by atoms with Crippen LogP contribution in [0, 0.1) is 5.92 Å². The Labute approximate surface area is 134 Å². The SMILES string of the molecule is O=C(NCC1CCCCC1)c1ccc(Cl)c(S(=O)(=O)Cl)c1. The first-order valence-electron chi connectivity index (χ1n) is 6.90. The molecule has 1 aliphatic rings. The summed E-state index contributed by atoms with van der Waals surface area (Å²) in [7, 11) is 1.33. The van der Waals surface area contributed by atoms with E-state index in [0.29, 0.717) is 12.5 Å². The van der Waals surface area contributed by atoms with Gasteiger partial charge in [-0.3, -0.25) is 4.79 Å². The highest BCUT2D eigenvalue weighted by Gasteiger charge is 2.19. The third-order valence-electron chi connectivity index (χ3n) is 3.73. The lowest BCUT2D eigenvalue weighted by Gasteiger charge is -2.21. The second-order valence-electron chi connectivity index (χ2n) is 5.30. The molecule has 0 saturated heterocycles. The Morgan fingerprint density at radius 2 is 1.90 bits per heavy atom. The lowest BCUT2D eigenvalue weighted by Crippen LogP contribution is -2.30. The van der Waals surface area contributed by atoms with Gasteiger partial charge in [0.05, 0.1) is 5.02 Å². The van der Waals surface area contributed by atoms with E-state index < -0.39 is 9.05 Å². The Balaban J connectivity index is 2.05. The summed E-state index contributed by atoms with van der Waals surface area (Å²) in [6.07, 6.45) is 5.93. The second-order valence-corrected chi connectivity index (χ2v) is 8.24. The van der Waals surface area contributed by atoms with E-state index >= 15 is 0 Å². The van der Waals surface area contributed by atoms with Gasteiger partial charge >= 0.3 is 0 Å². The predicted octanol–water partition coefficient (Wildman–Crippen LogP) is 3.58. The van der Waals surface area contributed by atoms with Gasteiger partial charge in [-0.1, -0.05) is 30.9 Å². The van der Waals surface area contributed by atoms with E-state index in [2.05, 4.69) is 5.32 Å². The third-order valence-corrected chi connectivity index (χ3v) is 5.54. The fraction of sp³-hybridized carbons (Fsp3) is 0.500. The summed E-state index contributed by atoms with van der Waals surface area (Å²) >= 11 is 5.79. The molecule has 4 nitrogen and oxygen atoms in total. The molecule has 1 aromatic rings. The molecule has 0 aromatic heterocycles. The standard InChI is InChI=1S/C14H17Cl2NO3S/c15-12-7-6-11(8-13(12)21(16,19)20)14(18)17-9-10-4-2-1-3-5-10/h6-8,10H,1-5,9H2,(H,17,18). The minimum Gasteiger partial charge on any atom is -0.352 e. The highest BCUT2D eigenvalue weighted by molar-refractivity contribution is 8.13. The maximum atomic E-state index is 12.1. The number of carbonyl (C=O) groups excluding carboxylic acids is 1. The van der Waals surface area contributed by atoms with Crippen molar-refractivity contribution in [3.05, 3.63) is 28.8 Å². The van der Waals surface area contributed by atoms with Gasteiger partial charge in [0.15, 0.2) is 0 Å². The van der Waals surface area contributed by atoms with Crippen LogP contribution in [0.2, 0.25) is 5.02 Å². The van der Waals surface area contributed by atoms with Gasteiger partial charge in [-0.15, -0.1) is 0 Å². The van der Waals surface area contributed by atoms with Crippen LogP contribution in [0.1, 0.15) is 42.5 Å². The van der Waals surface area contributed by atoms with Crippen molar-refractivity contribution >= 4 is 37.2 Å². The minimum atomic E-state index is -3.96. The molecule has 1 amide bonds. The van der Waals surface area contributed by atoms with Crippen molar-refractivity contribution in [1.82, 2.24) is 5.32 Å². The number of hydrogen-bond acceptors (Lipinski definition) is 3. The summed E-state index contributed by atoms with van der Waals surface area (Å²) in [5.74, 6) is 0.199. The molecule has 0 aliphatic heterocycles. The van der Waals surface area contributed by atoms with Crippen LogP contribution < -0.4 is 5.32 Å². The van der Waals surface area contributed by atoms with Crippen LogP contribution in [-0.2, 0) is 9.05 Å². The van der Waals surface area contributed by atoms with E-state index in [1.54, 1.807) is 0 Å². The highest BCUT2D eigenvalue weighted by atomic mass is 35.7. The van der Waals surface area contributed by atoms with E-state index in [0.717, 1.165) is 12.8 Å². The molecule has 0 heterocycles. The summed E-state index contributed by atoms with van der Waals surface area (Å²) in [6, 6.07) is 4.07. The minimum absolute atomic E-state index is 0.00818. The summed E-state index contributed by atoms with van der Waals surface area (Å²) in [5, 5.41) is 2.86. The zero-order valence-electron chi connectivity index (χ0n) is 11.4. The molecule has 0 radical (unpaired) electrons. The fourth-order valence-electron chi connectivity index (χ4n) is 2.56. The van der Waals surface area contributed by atoms with Crippen molar-refractivity contribution in [3.8, 4) is 0 Å². The van der Waals surface area contributed by atoms with Gasteiger partial charge in [0.25, 0.3) is 15.0 Å². The summed E-state index contributed by atoms with van der Waals surface area (Å²) in [4.78, 5) is 11.8. The van der Waals surface area contributed by atoms with Crippen LogP contribution in [0.5, 0.6) is 0 Å². The average Bonchev–Trinajstić information content (AvgIpc) is 2.45. The summed E-state index contributed by atoms with van der Waals surface area (Å²) < 4.78 is 22.8. The van der Waals surface area contributed by atoms with E-state index in [1.165, 1.54) is 37.5 Å². The quantitative estimate of drug-likeness (QED) is 0.845. The van der Waals surface area contributed by atoms with Crippen molar-refractivity contribution < 1.29 is 13.2 Å². The van der Waals surface area contributed by atoms with Gasteiger partial charge in [0.2, 0.25) is 0 Å². The Morgan fingerprint density at radius 1 is 1.24 bits per heavy atom. The van der Waals surface area contributed by atoms with Gasteiger partial charge < -0.3 is 5.32 Å². The topological polar surface area (TPSA) is 63.2 Å². The molecular formula is C14H17Cl2NO3S. The van der Waals surface area contributed by atoms with Crippen molar-refractivity contribution in [2.45, 2.75) is 37.0 Å². The molecule has 1 aromatic carbocycles. The predicted molar refractivity (Wildman–Crippen MR) is 83.4 cm³/mol. The summed E-state index contributed by atoms with van der Waals surface area (Å²) in [5.41, 5.74) is 0.245. The smallest absolute Gasteiger partial charge is 0.262 e. The number of rotatable bonds is 4. The molecule has 1 N–H and O–H groups in total. The van der Waals surface area contributed by atoms with E-state index in [9.17, 15) is 13.2 Å². The van der Waals surface area contributed by atoms with Crippen LogP contribution in [-0.4, -0.2) is 20.9 Å². The first-order chi connectivity index (χ1) is 9.88. The molecule has 0 spiro atoms. The van der Waals surface area contributed by atoms with Gasteiger partial charge in [-0.25, -0.2) is 8.42 Å². The molecular weight excluding hydrogens is 333 g/mol. The molecule has 21 heavy (non-hydrogen) atoms. The van der Waals surface area contributed by atoms with Crippen LogP contribution >= 0.6 is 22.3 Å². The second kappa shape index (κ2) is 6.99. The zero-order valence-corrected chi connectivity index (χ0v) is 13.8. The first kappa shape index (κ1) is 16.6. The summed E-state index contributed by atoms with van der Waals surface area (Å²) in [6.45, 7) is 0.615. The molecule has 1 saturated carbocycles. The Morgan fingerprint density at radius 3 is 2.52 bits per heavy atom. The maximum absolute atomic E-state index is 12.1. The van der Waals surface area contributed by atoms with Crippen molar-refractivity contribution in [1.29, 1.82) is 0 Å². The fourth-order valence-corrected chi connectivity index (χ4v) is 4.05. The van der Waals surface area contributed by atoms with Crippen LogP contribution in [0.4, 0.5) is 0 Å². The molecule has 1 aliphatic carbocycles. The molecule has 0 bridgehead atoms. The van der Waals surface area contributed by atoms with E-state index in [-0.39, 0.29) is 21.4 Å². The normalized spacial score (nSPS) is 16.7. The zero-order chi connectivity index (χ0) is 15.5. The number of halogens is 2. The van der Waals surface area contributed by atoms with Gasteiger partial charge in [-0.2, -0.15) is 0 Å². The molecule has 7 heteroatoms. The number of carbonyl (C=O) groups is 1. The molecule has 1 fully saturated rings. The van der Waals surface area contributed by atoms with Gasteiger partial charge in [0.1, 0.15) is 4.90 Å². The number of amides is 1. The van der Waals surface area contributed by atoms with Gasteiger partial charge in [0, 0.05) is 22.8 Å². The van der Waals surface area contributed by atoms with Crippen molar-refractivity contribution in [3.63, 3.8) is 0 Å². The number of nitrogens with one attached hydrogen (secondary N) is 1. The molecule has 0 atom stereocenters. The van der Waals surface area contributed by atoms with E-state index in [1.807, 2.05) is 0 Å². The lowest BCUT2D eigenvalue weighted by molar-refractivity contribution is 0.0943. The largest absolute Gasteiger partial charge is 0.352 e. The van der Waals surface area contributed by atoms with Gasteiger partial charge in [-0.05, 0) is 37.0 Å². The third kappa shape index (κ3) is 4.59. The highest BCUT2D eigenvalue weighted by Crippen LogP contribution is 2.26. The molecule has 0 unspecified atom stereocenters. The average molecular weight is 350 g/mol. The Kier molecular flexibility index (Phi) is 5.52. The van der Waals surface area contributed by atoms with Crippen molar-refractivity contribution in [2.24, 2.45) is 5.92 Å². The van der Waals surface area contributed by atoms with Crippen molar-refractivity contribution in [2.75, 3.05) is 6.54 Å². The Hall–Kier alpha value is -0.780. The molecule has 2 rings (SSSR count). The monoisotopic (exact) mass is 349 g/mol. The van der Waals surface area contributed by atoms with Crippen LogP contribution in [0.15, 0.2) is 23.1 Å². The lowest BCUT2D eigenvalue weighted by atomic mass is 9.89. The van der Waals surface area contributed by atoms with Crippen LogP contribution in [0.25, 0.3) is 0 Å². The first-order valence-corrected chi connectivity index (χ1v) is 9.59.